The summed E-state index contributed by atoms with van der Waals surface area (Å²) in [6.07, 6.45) is 3.55. The van der Waals surface area contributed by atoms with Crippen molar-refractivity contribution >= 4 is 17.5 Å². The van der Waals surface area contributed by atoms with Crippen LogP contribution in [-0.2, 0) is 0 Å². The van der Waals surface area contributed by atoms with Crippen LogP contribution in [0, 0.1) is 19.7 Å². The van der Waals surface area contributed by atoms with E-state index in [0.29, 0.717) is 30.4 Å². The number of carbonyl (C=O) groups excluding carboxylic acids is 1. The van der Waals surface area contributed by atoms with Crippen molar-refractivity contribution in [2.75, 3.05) is 23.7 Å². The van der Waals surface area contributed by atoms with E-state index in [1.807, 2.05) is 30.7 Å². The lowest BCUT2D eigenvalue weighted by Crippen LogP contribution is -2.32. The van der Waals surface area contributed by atoms with E-state index in [-0.39, 0.29) is 11.8 Å². The van der Waals surface area contributed by atoms with Crippen LogP contribution in [0.25, 0.3) is 5.82 Å². The van der Waals surface area contributed by atoms with Crippen LogP contribution < -0.4 is 16.0 Å². The highest BCUT2D eigenvalue weighted by atomic mass is 19.1. The molecule has 0 saturated carbocycles. The van der Waals surface area contributed by atoms with Gasteiger partial charge in [0, 0.05) is 37.2 Å². The van der Waals surface area contributed by atoms with Gasteiger partial charge in [0.1, 0.15) is 29.1 Å². The van der Waals surface area contributed by atoms with Gasteiger partial charge in [-0.05, 0) is 38.1 Å². The molecule has 0 aliphatic rings. The van der Waals surface area contributed by atoms with Crippen LogP contribution >= 0.6 is 0 Å². The number of nitrogens with zero attached hydrogens (tertiary/aromatic N) is 4. The number of anilines is 2. The fourth-order valence-electron chi connectivity index (χ4n) is 2.46. The SMILES string of the molecule is Cc1nc(NCCNC(=O)Nc2ccc(F)cc2)cc(-n2ccnc2C)n1. The molecule has 0 aliphatic heterocycles. The lowest BCUT2D eigenvalue weighted by atomic mass is 10.3. The number of imidazole rings is 1. The highest BCUT2D eigenvalue weighted by Gasteiger charge is 2.06. The van der Waals surface area contributed by atoms with E-state index in [4.69, 9.17) is 0 Å². The van der Waals surface area contributed by atoms with Crippen molar-refractivity contribution in [3.05, 3.63) is 60.2 Å². The van der Waals surface area contributed by atoms with Gasteiger partial charge in [-0.25, -0.2) is 24.1 Å². The first-order valence-corrected chi connectivity index (χ1v) is 8.41. The first-order chi connectivity index (χ1) is 13.0. The van der Waals surface area contributed by atoms with Gasteiger partial charge >= 0.3 is 6.03 Å². The highest BCUT2D eigenvalue weighted by Crippen LogP contribution is 2.12. The first kappa shape index (κ1) is 18.3. The van der Waals surface area contributed by atoms with Crippen molar-refractivity contribution in [1.82, 2.24) is 24.8 Å². The van der Waals surface area contributed by atoms with E-state index in [2.05, 4.69) is 30.9 Å². The summed E-state index contributed by atoms with van der Waals surface area (Å²) >= 11 is 0. The zero-order valence-electron chi connectivity index (χ0n) is 15.0. The maximum Gasteiger partial charge on any atom is 0.319 e. The van der Waals surface area contributed by atoms with Gasteiger partial charge in [0.05, 0.1) is 0 Å². The van der Waals surface area contributed by atoms with Gasteiger partial charge in [-0.15, -0.1) is 0 Å². The molecule has 2 heterocycles. The third-order valence-electron chi connectivity index (χ3n) is 3.72. The van der Waals surface area contributed by atoms with Gasteiger partial charge < -0.3 is 16.0 Å². The van der Waals surface area contributed by atoms with E-state index in [1.54, 1.807) is 6.20 Å². The number of aromatic nitrogens is 4. The van der Waals surface area contributed by atoms with Crippen LogP contribution in [0.1, 0.15) is 11.6 Å². The van der Waals surface area contributed by atoms with Gasteiger partial charge in [-0.1, -0.05) is 0 Å². The predicted octanol–water partition coefficient (Wildman–Crippen LogP) is 2.65. The largest absolute Gasteiger partial charge is 0.368 e. The molecule has 0 radical (unpaired) electrons. The Bertz CT molecular complexity index is 924. The average Bonchev–Trinajstić information content (AvgIpc) is 3.06. The average molecular weight is 369 g/mol. The van der Waals surface area contributed by atoms with Gasteiger partial charge in [-0.2, -0.15) is 0 Å². The molecule has 0 spiro atoms. The molecule has 3 N–H and O–H groups in total. The summed E-state index contributed by atoms with van der Waals surface area (Å²) in [7, 11) is 0. The number of halogens is 1. The summed E-state index contributed by atoms with van der Waals surface area (Å²) in [5, 5.41) is 8.50. The van der Waals surface area contributed by atoms with Crippen molar-refractivity contribution < 1.29 is 9.18 Å². The zero-order valence-corrected chi connectivity index (χ0v) is 15.0. The second-order valence-corrected chi connectivity index (χ2v) is 5.82. The van der Waals surface area contributed by atoms with E-state index >= 15 is 0 Å². The van der Waals surface area contributed by atoms with Crippen molar-refractivity contribution in [3.8, 4) is 5.82 Å². The van der Waals surface area contributed by atoms with Crippen LogP contribution in [0.15, 0.2) is 42.7 Å². The molecule has 0 unspecified atom stereocenters. The summed E-state index contributed by atoms with van der Waals surface area (Å²) in [5.74, 6) is 2.49. The Morgan fingerprint density at radius 3 is 2.63 bits per heavy atom. The third-order valence-corrected chi connectivity index (χ3v) is 3.72. The van der Waals surface area contributed by atoms with E-state index in [9.17, 15) is 9.18 Å². The minimum absolute atomic E-state index is 0.351. The quantitative estimate of drug-likeness (QED) is 0.581. The van der Waals surface area contributed by atoms with Gasteiger partial charge in [0.15, 0.2) is 0 Å². The third kappa shape index (κ3) is 5.00. The molecular formula is C18H20FN7O. The van der Waals surface area contributed by atoms with Gasteiger partial charge in [-0.3, -0.25) is 4.57 Å². The van der Waals surface area contributed by atoms with Gasteiger partial charge in [0.2, 0.25) is 0 Å². The number of benzene rings is 1. The standard InChI is InChI=1S/C18H20FN7O/c1-12-23-16(11-17(24-12)26-10-9-20-13(26)2)21-7-8-22-18(27)25-15-5-3-14(19)4-6-15/h3-6,9-11H,7-8H2,1-2H3,(H,21,23,24)(H2,22,25,27). The predicted molar refractivity (Wildman–Crippen MR) is 101 cm³/mol. The minimum Gasteiger partial charge on any atom is -0.368 e. The smallest absolute Gasteiger partial charge is 0.319 e. The fourth-order valence-corrected chi connectivity index (χ4v) is 2.46. The Morgan fingerprint density at radius 2 is 1.93 bits per heavy atom. The number of carbonyl (C=O) groups is 1. The van der Waals surface area contributed by atoms with Crippen molar-refractivity contribution in [2.45, 2.75) is 13.8 Å². The van der Waals surface area contributed by atoms with E-state index in [1.165, 1.54) is 24.3 Å². The van der Waals surface area contributed by atoms with Crippen LogP contribution in [-0.4, -0.2) is 38.6 Å². The Balaban J connectivity index is 1.50. The molecular weight excluding hydrogens is 349 g/mol. The first-order valence-electron chi connectivity index (χ1n) is 8.41. The fraction of sp³-hybridized carbons (Fsp3) is 0.222. The maximum absolute atomic E-state index is 12.9. The topological polar surface area (TPSA) is 96.8 Å². The molecule has 27 heavy (non-hydrogen) atoms. The molecule has 3 rings (SSSR count). The van der Waals surface area contributed by atoms with E-state index in [0.717, 1.165) is 11.6 Å². The summed E-state index contributed by atoms with van der Waals surface area (Å²) in [5.41, 5.74) is 0.522. The number of amides is 2. The summed E-state index contributed by atoms with van der Waals surface area (Å²) < 4.78 is 14.7. The number of urea groups is 1. The second-order valence-electron chi connectivity index (χ2n) is 5.82. The molecule has 1 aromatic carbocycles. The second kappa shape index (κ2) is 8.26. The summed E-state index contributed by atoms with van der Waals surface area (Å²) in [4.78, 5) is 24.8. The molecule has 3 aromatic rings. The molecule has 0 bridgehead atoms. The Morgan fingerprint density at radius 1 is 1.15 bits per heavy atom. The molecule has 0 aliphatic carbocycles. The molecule has 140 valence electrons. The van der Waals surface area contributed by atoms with Crippen molar-refractivity contribution in [1.29, 1.82) is 0 Å². The summed E-state index contributed by atoms with van der Waals surface area (Å²) in [6, 6.07) is 7.02. The minimum atomic E-state index is -0.364. The molecule has 2 aromatic heterocycles. The molecule has 0 atom stereocenters. The van der Waals surface area contributed by atoms with Crippen LogP contribution in [0.4, 0.5) is 20.7 Å². The lowest BCUT2D eigenvalue weighted by molar-refractivity contribution is 0.252. The molecule has 9 heteroatoms. The lowest BCUT2D eigenvalue weighted by Gasteiger charge is -2.11. The molecule has 8 nitrogen and oxygen atoms in total. The van der Waals surface area contributed by atoms with Crippen LogP contribution in [0.5, 0.6) is 0 Å². The van der Waals surface area contributed by atoms with E-state index < -0.39 is 0 Å². The van der Waals surface area contributed by atoms with Crippen LogP contribution in [0.2, 0.25) is 0 Å². The monoisotopic (exact) mass is 369 g/mol. The Kier molecular flexibility index (Phi) is 5.60. The Hall–Kier alpha value is -3.49. The highest BCUT2D eigenvalue weighted by molar-refractivity contribution is 5.89. The number of nitrogens with one attached hydrogen (secondary N) is 3. The van der Waals surface area contributed by atoms with Crippen molar-refractivity contribution in [3.63, 3.8) is 0 Å². The number of rotatable bonds is 6. The van der Waals surface area contributed by atoms with Crippen molar-refractivity contribution in [2.24, 2.45) is 0 Å². The maximum atomic E-state index is 12.9. The number of hydrogen-bond donors (Lipinski definition) is 3. The Labute approximate surface area is 155 Å². The molecule has 2 amide bonds. The summed E-state index contributed by atoms with van der Waals surface area (Å²) in [6.45, 7) is 4.58. The molecule has 0 fully saturated rings. The van der Waals surface area contributed by atoms with Gasteiger partial charge in [0.25, 0.3) is 0 Å². The number of aryl methyl sites for hydroxylation is 2. The zero-order chi connectivity index (χ0) is 19.2. The molecule has 0 saturated heterocycles. The number of hydrogen-bond acceptors (Lipinski definition) is 5. The van der Waals surface area contributed by atoms with Crippen LogP contribution in [0.3, 0.4) is 0 Å². The normalized spacial score (nSPS) is 10.5.